The fraction of sp³-hybridized carbons (Fsp3) is 0.364. The van der Waals surface area contributed by atoms with E-state index in [0.717, 1.165) is 19.5 Å². The van der Waals surface area contributed by atoms with Crippen LogP contribution in [-0.4, -0.2) is 29.0 Å². The summed E-state index contributed by atoms with van der Waals surface area (Å²) < 4.78 is 5.47. The van der Waals surface area contributed by atoms with Crippen LogP contribution < -0.4 is 10.6 Å². The maximum Gasteiger partial charge on any atom is 0.298 e. The summed E-state index contributed by atoms with van der Waals surface area (Å²) in [4.78, 5) is 14.6. The molecule has 1 aliphatic rings. The fourth-order valence-electron chi connectivity index (χ4n) is 2.10. The monoisotopic (exact) mass is 248 g/mol. The molecule has 2 aromatic rings. The van der Waals surface area contributed by atoms with Crippen molar-refractivity contribution in [3.8, 4) is 0 Å². The average Bonchev–Trinajstić information content (AvgIpc) is 2.96. The van der Waals surface area contributed by atoms with Gasteiger partial charge in [0.2, 0.25) is 0 Å². The first-order valence-corrected chi connectivity index (χ1v) is 5.75. The van der Waals surface area contributed by atoms with Crippen LogP contribution in [0.4, 0.5) is 11.7 Å². The third-order valence-electron chi connectivity index (χ3n) is 2.98. The third kappa shape index (κ3) is 1.88. The summed E-state index contributed by atoms with van der Waals surface area (Å²) in [5, 5.41) is 17.2. The molecule has 2 heterocycles. The Bertz CT molecular complexity index is 589. The van der Waals surface area contributed by atoms with Crippen LogP contribution in [0.15, 0.2) is 22.6 Å². The van der Waals surface area contributed by atoms with Crippen molar-refractivity contribution in [2.75, 3.05) is 18.4 Å². The molecule has 1 fully saturated rings. The van der Waals surface area contributed by atoms with Gasteiger partial charge in [0.05, 0.1) is 4.92 Å². The van der Waals surface area contributed by atoms with Crippen molar-refractivity contribution >= 4 is 22.8 Å². The van der Waals surface area contributed by atoms with Crippen molar-refractivity contribution in [3.63, 3.8) is 0 Å². The number of anilines is 1. The molecule has 94 valence electrons. The highest BCUT2D eigenvalue weighted by molar-refractivity contribution is 5.84. The first-order valence-electron chi connectivity index (χ1n) is 5.75. The second-order valence-corrected chi connectivity index (χ2v) is 4.23. The van der Waals surface area contributed by atoms with Gasteiger partial charge in [0.15, 0.2) is 11.1 Å². The summed E-state index contributed by atoms with van der Waals surface area (Å²) in [7, 11) is 0. The van der Waals surface area contributed by atoms with E-state index >= 15 is 0 Å². The van der Waals surface area contributed by atoms with Gasteiger partial charge in [-0.25, -0.2) is 0 Å². The van der Waals surface area contributed by atoms with Crippen molar-refractivity contribution in [2.24, 2.45) is 0 Å². The predicted octanol–water partition coefficient (Wildman–Crippen LogP) is 1.51. The zero-order valence-electron chi connectivity index (χ0n) is 9.55. The number of para-hydroxylation sites is 1. The molecule has 0 bridgehead atoms. The number of benzene rings is 1. The molecule has 0 aliphatic carbocycles. The quantitative estimate of drug-likeness (QED) is 0.631. The van der Waals surface area contributed by atoms with Crippen LogP contribution >= 0.6 is 0 Å². The van der Waals surface area contributed by atoms with Crippen LogP contribution in [0.3, 0.4) is 0 Å². The Hall–Kier alpha value is -2.15. The molecule has 1 aliphatic heterocycles. The van der Waals surface area contributed by atoms with Gasteiger partial charge < -0.3 is 15.1 Å². The van der Waals surface area contributed by atoms with Crippen LogP contribution in [0.25, 0.3) is 11.1 Å². The van der Waals surface area contributed by atoms with Crippen molar-refractivity contribution in [1.82, 2.24) is 10.3 Å². The summed E-state index contributed by atoms with van der Waals surface area (Å²) in [6.07, 6.45) is 0.987. The first-order chi connectivity index (χ1) is 8.74. The second kappa shape index (κ2) is 4.26. The van der Waals surface area contributed by atoms with Crippen molar-refractivity contribution in [3.05, 3.63) is 28.3 Å². The zero-order valence-corrected chi connectivity index (χ0v) is 9.55. The van der Waals surface area contributed by atoms with E-state index < -0.39 is 4.92 Å². The number of rotatable bonds is 3. The van der Waals surface area contributed by atoms with E-state index in [1.165, 1.54) is 6.07 Å². The Morgan fingerprint density at radius 1 is 1.56 bits per heavy atom. The number of aromatic nitrogens is 1. The van der Waals surface area contributed by atoms with E-state index in [0.29, 0.717) is 11.6 Å². The molecule has 0 radical (unpaired) electrons. The molecule has 1 aromatic heterocycles. The van der Waals surface area contributed by atoms with Gasteiger partial charge in [-0.05, 0) is 19.0 Å². The number of hydrogen-bond donors (Lipinski definition) is 2. The lowest BCUT2D eigenvalue weighted by Crippen LogP contribution is -2.22. The van der Waals surface area contributed by atoms with Gasteiger partial charge in [0.25, 0.3) is 11.7 Å². The Balaban J connectivity index is 1.94. The molecule has 0 saturated carbocycles. The van der Waals surface area contributed by atoms with Gasteiger partial charge in [-0.2, -0.15) is 4.98 Å². The maximum absolute atomic E-state index is 10.9. The topological polar surface area (TPSA) is 93.2 Å². The summed E-state index contributed by atoms with van der Waals surface area (Å²) in [6.45, 7) is 1.80. The smallest absolute Gasteiger partial charge is 0.298 e. The third-order valence-corrected chi connectivity index (χ3v) is 2.98. The summed E-state index contributed by atoms with van der Waals surface area (Å²) >= 11 is 0. The lowest BCUT2D eigenvalue weighted by Gasteiger charge is -2.07. The minimum absolute atomic E-state index is 0.0335. The largest absolute Gasteiger partial charge is 0.423 e. The van der Waals surface area contributed by atoms with E-state index in [1.807, 2.05) is 0 Å². The van der Waals surface area contributed by atoms with Crippen molar-refractivity contribution in [1.29, 1.82) is 0 Å². The molecule has 7 heteroatoms. The fourth-order valence-corrected chi connectivity index (χ4v) is 2.10. The molecule has 1 atom stereocenters. The predicted molar refractivity (Wildman–Crippen MR) is 65.6 cm³/mol. The van der Waals surface area contributed by atoms with Crippen LogP contribution in [0, 0.1) is 10.1 Å². The Morgan fingerprint density at radius 3 is 3.17 bits per heavy atom. The number of fused-ring (bicyclic) bond motifs is 1. The SMILES string of the molecule is O=[N+]([O-])c1cccc2oc(NC3CCNC3)nc12. The van der Waals surface area contributed by atoms with Crippen LogP contribution in [0.2, 0.25) is 0 Å². The van der Waals surface area contributed by atoms with E-state index in [4.69, 9.17) is 4.42 Å². The molecular formula is C11H12N4O3. The zero-order chi connectivity index (χ0) is 12.5. The van der Waals surface area contributed by atoms with E-state index in [1.54, 1.807) is 12.1 Å². The summed E-state index contributed by atoms with van der Waals surface area (Å²) in [6, 6.07) is 5.29. The molecule has 1 aromatic carbocycles. The number of nitrogens with zero attached hydrogens (tertiary/aromatic N) is 2. The summed E-state index contributed by atoms with van der Waals surface area (Å²) in [5.41, 5.74) is 0.683. The number of nitrogens with one attached hydrogen (secondary N) is 2. The molecule has 7 nitrogen and oxygen atoms in total. The molecule has 1 saturated heterocycles. The molecule has 0 spiro atoms. The standard InChI is InChI=1S/C11H12N4O3/c16-15(17)8-2-1-3-9-10(8)14-11(18-9)13-7-4-5-12-6-7/h1-3,7,12H,4-6H2,(H,13,14). The number of nitro benzene ring substituents is 1. The molecule has 0 amide bonds. The number of nitro groups is 1. The van der Waals surface area contributed by atoms with Crippen LogP contribution in [0.1, 0.15) is 6.42 Å². The lowest BCUT2D eigenvalue weighted by molar-refractivity contribution is -0.383. The number of hydrogen-bond acceptors (Lipinski definition) is 6. The Kier molecular flexibility index (Phi) is 2.60. The Labute approximate surface area is 102 Å². The molecule has 2 N–H and O–H groups in total. The summed E-state index contributed by atoms with van der Waals surface area (Å²) in [5.74, 6) is 0. The van der Waals surface area contributed by atoms with E-state index in [2.05, 4.69) is 15.6 Å². The number of oxazole rings is 1. The normalized spacial score (nSPS) is 19.2. The lowest BCUT2D eigenvalue weighted by atomic mass is 10.3. The average molecular weight is 248 g/mol. The maximum atomic E-state index is 10.9. The molecular weight excluding hydrogens is 236 g/mol. The van der Waals surface area contributed by atoms with Crippen molar-refractivity contribution < 1.29 is 9.34 Å². The second-order valence-electron chi connectivity index (χ2n) is 4.23. The van der Waals surface area contributed by atoms with E-state index in [9.17, 15) is 10.1 Å². The van der Waals surface area contributed by atoms with Gasteiger partial charge in [-0.3, -0.25) is 10.1 Å². The highest BCUT2D eigenvalue weighted by Crippen LogP contribution is 2.27. The van der Waals surface area contributed by atoms with Crippen LogP contribution in [-0.2, 0) is 0 Å². The highest BCUT2D eigenvalue weighted by Gasteiger charge is 2.20. The van der Waals surface area contributed by atoms with E-state index in [-0.39, 0.29) is 17.2 Å². The van der Waals surface area contributed by atoms with Gasteiger partial charge in [0, 0.05) is 18.7 Å². The van der Waals surface area contributed by atoms with Crippen molar-refractivity contribution in [2.45, 2.75) is 12.5 Å². The molecule has 3 rings (SSSR count). The van der Waals surface area contributed by atoms with Gasteiger partial charge in [0.1, 0.15) is 0 Å². The molecule has 18 heavy (non-hydrogen) atoms. The van der Waals surface area contributed by atoms with Crippen LogP contribution in [0.5, 0.6) is 0 Å². The Morgan fingerprint density at radius 2 is 2.44 bits per heavy atom. The minimum atomic E-state index is -0.453. The van der Waals surface area contributed by atoms with Gasteiger partial charge in [-0.1, -0.05) is 6.07 Å². The van der Waals surface area contributed by atoms with Gasteiger partial charge in [-0.15, -0.1) is 0 Å². The first kappa shape index (κ1) is 11.0. The van der Waals surface area contributed by atoms with Gasteiger partial charge >= 0.3 is 0 Å². The minimum Gasteiger partial charge on any atom is -0.423 e. The molecule has 1 unspecified atom stereocenters. The number of non-ortho nitro benzene ring substituents is 1. The highest BCUT2D eigenvalue weighted by atomic mass is 16.6.